The van der Waals surface area contributed by atoms with Gasteiger partial charge in [-0.15, -0.1) is 0 Å². The molecule has 0 amide bonds. The van der Waals surface area contributed by atoms with Gasteiger partial charge in [0.2, 0.25) is 9.84 Å². The first kappa shape index (κ1) is 13.4. The van der Waals surface area contributed by atoms with Gasteiger partial charge in [0, 0.05) is 5.56 Å². The van der Waals surface area contributed by atoms with Gasteiger partial charge < -0.3 is 0 Å². The van der Waals surface area contributed by atoms with Crippen LogP contribution in [0, 0.1) is 11.3 Å². The molecule has 0 aliphatic carbocycles. The van der Waals surface area contributed by atoms with Gasteiger partial charge in [0.25, 0.3) is 2.57 Å². The van der Waals surface area contributed by atoms with Crippen LogP contribution >= 0.6 is 31.9 Å². The summed E-state index contributed by atoms with van der Waals surface area (Å²) < 4.78 is 22.0. The summed E-state index contributed by atoms with van der Waals surface area (Å²) in [4.78, 5) is 10.4. The zero-order chi connectivity index (χ0) is 12.4. The summed E-state index contributed by atoms with van der Waals surface area (Å²) in [6.45, 7) is 0. The van der Waals surface area contributed by atoms with Gasteiger partial charge in [-0.2, -0.15) is 5.26 Å². The molecule has 1 aromatic carbocycles. The molecule has 0 aromatic heterocycles. The van der Waals surface area contributed by atoms with Gasteiger partial charge in [-0.1, -0.05) is 12.1 Å². The molecule has 0 radical (unpaired) electrons. The van der Waals surface area contributed by atoms with Gasteiger partial charge in [-0.3, -0.25) is 4.79 Å². The van der Waals surface area contributed by atoms with Gasteiger partial charge in [-0.05, 0) is 44.0 Å². The van der Waals surface area contributed by atoms with Gasteiger partial charge in [0.1, 0.15) is 12.4 Å². The number of benzene rings is 1. The fourth-order valence-electron chi connectivity index (χ4n) is 0.963. The van der Waals surface area contributed by atoms with Crippen LogP contribution in [0.25, 0.3) is 0 Å². The van der Waals surface area contributed by atoms with Gasteiger partial charge in [-0.25, -0.2) is 8.42 Å². The first-order chi connectivity index (χ1) is 7.35. The molecule has 4 nitrogen and oxygen atoms in total. The van der Waals surface area contributed by atoms with Gasteiger partial charge in [0.15, 0.2) is 0 Å². The molecule has 1 aromatic rings. The van der Waals surface area contributed by atoms with Crippen molar-refractivity contribution in [3.63, 3.8) is 0 Å². The lowest BCUT2D eigenvalue weighted by molar-refractivity contribution is 0.112. The summed E-state index contributed by atoms with van der Waals surface area (Å²) in [5, 5.41) is 8.73. The average Bonchev–Trinajstić information content (AvgIpc) is 2.28. The smallest absolute Gasteiger partial charge is 0.270 e. The lowest BCUT2D eigenvalue weighted by Gasteiger charge is -2.12. The largest absolute Gasteiger partial charge is 0.298 e. The molecular weight excluding hydrogens is 362 g/mol. The molecule has 0 saturated heterocycles. The number of aldehydes is 1. The van der Waals surface area contributed by atoms with E-state index in [-0.39, 0.29) is 10.5 Å². The van der Waals surface area contributed by atoms with E-state index in [1.165, 1.54) is 24.3 Å². The van der Waals surface area contributed by atoms with Crippen LogP contribution in [0.2, 0.25) is 0 Å². The highest BCUT2D eigenvalue weighted by Gasteiger charge is 2.40. The zero-order valence-electron chi connectivity index (χ0n) is 7.72. The molecular formula is C9H5Br2NO3S. The Balaban J connectivity index is 3.40. The highest BCUT2D eigenvalue weighted by molar-refractivity contribution is 9.28. The number of hydrogen-bond acceptors (Lipinski definition) is 4. The normalized spacial score (nSPS) is 11.8. The van der Waals surface area contributed by atoms with Crippen LogP contribution < -0.4 is 0 Å². The average molecular weight is 367 g/mol. The maximum absolute atomic E-state index is 11.9. The van der Waals surface area contributed by atoms with Crippen LogP contribution in [0.4, 0.5) is 0 Å². The van der Waals surface area contributed by atoms with E-state index in [0.29, 0.717) is 6.29 Å². The minimum Gasteiger partial charge on any atom is -0.298 e. The lowest BCUT2D eigenvalue weighted by atomic mass is 10.2. The van der Waals surface area contributed by atoms with Crippen LogP contribution in [-0.2, 0) is 9.84 Å². The van der Waals surface area contributed by atoms with Crippen LogP contribution in [0.3, 0.4) is 0 Å². The van der Waals surface area contributed by atoms with Crippen LogP contribution in [0.15, 0.2) is 29.2 Å². The molecule has 16 heavy (non-hydrogen) atoms. The number of hydrogen-bond donors (Lipinski definition) is 0. The Labute approximate surface area is 109 Å². The first-order valence-electron chi connectivity index (χ1n) is 3.94. The van der Waals surface area contributed by atoms with Crippen molar-refractivity contribution in [2.75, 3.05) is 0 Å². The predicted molar refractivity (Wildman–Crippen MR) is 65.2 cm³/mol. The van der Waals surface area contributed by atoms with E-state index in [4.69, 9.17) is 5.26 Å². The first-order valence-corrected chi connectivity index (χ1v) is 7.01. The Kier molecular flexibility index (Phi) is 3.88. The number of nitrogens with zero attached hydrogens (tertiary/aromatic N) is 1. The number of carbonyl (C=O) groups is 1. The van der Waals surface area contributed by atoms with Crippen LogP contribution in [0.5, 0.6) is 0 Å². The Morgan fingerprint density at radius 2 is 2.00 bits per heavy atom. The fraction of sp³-hybridized carbons (Fsp3) is 0.111. The summed E-state index contributed by atoms with van der Waals surface area (Å²) in [6.07, 6.45) is 0.537. The summed E-state index contributed by atoms with van der Waals surface area (Å²) in [7, 11) is -3.91. The molecule has 0 heterocycles. The van der Waals surface area contributed by atoms with E-state index in [2.05, 4.69) is 31.9 Å². The van der Waals surface area contributed by atoms with Crippen LogP contribution in [0.1, 0.15) is 10.4 Å². The SMILES string of the molecule is N#CC(Br)(Br)S(=O)(=O)c1cccc(C=O)c1. The molecule has 0 aliphatic rings. The lowest BCUT2D eigenvalue weighted by Crippen LogP contribution is -2.23. The van der Waals surface area contributed by atoms with Crippen molar-refractivity contribution in [2.24, 2.45) is 0 Å². The number of sulfone groups is 1. The maximum atomic E-state index is 11.9. The van der Waals surface area contributed by atoms with E-state index in [9.17, 15) is 13.2 Å². The summed E-state index contributed by atoms with van der Waals surface area (Å²) in [6, 6.07) is 7.01. The molecule has 0 aliphatic heterocycles. The number of carbonyl (C=O) groups excluding carboxylic acids is 1. The monoisotopic (exact) mass is 365 g/mol. The van der Waals surface area contributed by atoms with Gasteiger partial charge in [0.05, 0.1) is 4.90 Å². The van der Waals surface area contributed by atoms with Gasteiger partial charge >= 0.3 is 0 Å². The quantitative estimate of drug-likeness (QED) is 0.607. The molecule has 0 unspecified atom stereocenters. The predicted octanol–water partition coefficient (Wildman–Crippen LogP) is 2.24. The van der Waals surface area contributed by atoms with E-state index in [1.807, 2.05) is 0 Å². The number of rotatable bonds is 3. The topological polar surface area (TPSA) is 75.0 Å². The molecule has 0 saturated carbocycles. The highest BCUT2D eigenvalue weighted by Crippen LogP contribution is 2.36. The minimum absolute atomic E-state index is 0.104. The molecule has 1 rings (SSSR count). The third kappa shape index (κ3) is 2.34. The third-order valence-electron chi connectivity index (χ3n) is 1.77. The van der Waals surface area contributed by atoms with Crippen molar-refractivity contribution in [3.8, 4) is 6.07 Å². The summed E-state index contributed by atoms with van der Waals surface area (Å²) >= 11 is 5.53. The van der Waals surface area contributed by atoms with Crippen molar-refractivity contribution < 1.29 is 13.2 Å². The van der Waals surface area contributed by atoms with Crippen molar-refractivity contribution >= 4 is 48.0 Å². The standard InChI is InChI=1S/C9H5Br2NO3S/c10-9(11,6-12)16(14,15)8-3-1-2-7(4-8)5-13/h1-5H. The highest BCUT2D eigenvalue weighted by atomic mass is 79.9. The summed E-state index contributed by atoms with van der Waals surface area (Å²) in [5.74, 6) is 0. The second-order valence-electron chi connectivity index (χ2n) is 2.82. The van der Waals surface area contributed by atoms with E-state index in [1.54, 1.807) is 6.07 Å². The second kappa shape index (κ2) is 4.65. The Hall–Kier alpha value is -0.710. The Morgan fingerprint density at radius 1 is 1.38 bits per heavy atom. The zero-order valence-corrected chi connectivity index (χ0v) is 11.7. The van der Waals surface area contributed by atoms with Crippen molar-refractivity contribution in [1.29, 1.82) is 5.26 Å². The Bertz CT molecular complexity index is 560. The third-order valence-corrected chi connectivity index (χ3v) is 6.32. The number of nitriles is 1. The molecule has 0 spiro atoms. The van der Waals surface area contributed by atoms with E-state index >= 15 is 0 Å². The molecule has 0 fully saturated rings. The maximum Gasteiger partial charge on any atom is 0.270 e. The van der Waals surface area contributed by atoms with E-state index in [0.717, 1.165) is 0 Å². The molecule has 0 N–H and O–H groups in total. The fourth-order valence-corrected chi connectivity index (χ4v) is 3.05. The van der Waals surface area contributed by atoms with Crippen molar-refractivity contribution in [2.45, 2.75) is 7.46 Å². The minimum atomic E-state index is -3.91. The van der Waals surface area contributed by atoms with Crippen molar-refractivity contribution in [1.82, 2.24) is 0 Å². The van der Waals surface area contributed by atoms with E-state index < -0.39 is 12.4 Å². The summed E-state index contributed by atoms with van der Waals surface area (Å²) in [5.41, 5.74) is 0.231. The molecule has 7 heteroatoms. The van der Waals surface area contributed by atoms with Crippen molar-refractivity contribution in [3.05, 3.63) is 29.8 Å². The Morgan fingerprint density at radius 3 is 2.50 bits per heavy atom. The molecule has 84 valence electrons. The second-order valence-corrected chi connectivity index (χ2v) is 9.41. The number of halogens is 2. The molecule has 0 atom stereocenters. The van der Waals surface area contributed by atoms with Crippen LogP contribution in [-0.4, -0.2) is 17.3 Å². The molecule has 0 bridgehead atoms. The number of alkyl halides is 2.